The number of hydrogen-bond acceptors (Lipinski definition) is 4. The van der Waals surface area contributed by atoms with Gasteiger partial charge >= 0.3 is 0 Å². The van der Waals surface area contributed by atoms with Crippen LogP contribution in [0.5, 0.6) is 0 Å². The first-order chi connectivity index (χ1) is 9.13. The van der Waals surface area contributed by atoms with Crippen LogP contribution in [0.3, 0.4) is 0 Å². The SMILES string of the molecule is C/C=C(\Br)C1=C(Cl)C(=O)[C@]23C[C@H]2C(C)(C)O[C@]3(O)C1=O. The Kier molecular flexibility index (Phi) is 2.76. The minimum Gasteiger partial charge on any atom is -0.358 e. The van der Waals surface area contributed by atoms with Gasteiger partial charge in [0.2, 0.25) is 11.6 Å². The van der Waals surface area contributed by atoms with E-state index in [1.54, 1.807) is 26.8 Å². The Labute approximate surface area is 129 Å². The quantitative estimate of drug-likeness (QED) is 0.779. The Bertz CT molecular complexity index is 621. The van der Waals surface area contributed by atoms with Crippen LogP contribution in [0.4, 0.5) is 0 Å². The molecule has 4 nitrogen and oxygen atoms in total. The molecule has 0 aromatic rings. The van der Waals surface area contributed by atoms with Gasteiger partial charge in [-0.25, -0.2) is 0 Å². The maximum absolute atomic E-state index is 12.7. The summed E-state index contributed by atoms with van der Waals surface area (Å²) in [6.07, 6.45) is 2.03. The second-order valence-corrected chi connectivity index (χ2v) is 7.29. The molecule has 1 saturated carbocycles. The average Bonchev–Trinajstić information content (AvgIpc) is 3.09. The Morgan fingerprint density at radius 1 is 1.45 bits per heavy atom. The molecule has 0 radical (unpaired) electrons. The fourth-order valence-corrected chi connectivity index (χ4v) is 4.46. The number of Topliss-reactive ketones (excluding diaryl/α,β-unsaturated/α-hetero) is 2. The zero-order valence-electron chi connectivity index (χ0n) is 11.3. The van der Waals surface area contributed by atoms with Crippen LogP contribution >= 0.6 is 27.5 Å². The van der Waals surface area contributed by atoms with Crippen LogP contribution in [0.25, 0.3) is 0 Å². The first-order valence-corrected chi connectivity index (χ1v) is 7.54. The van der Waals surface area contributed by atoms with Gasteiger partial charge in [-0.05, 0) is 27.2 Å². The molecule has 1 saturated heterocycles. The summed E-state index contributed by atoms with van der Waals surface area (Å²) in [6, 6.07) is 0. The fourth-order valence-electron chi connectivity index (χ4n) is 3.61. The molecule has 0 bridgehead atoms. The summed E-state index contributed by atoms with van der Waals surface area (Å²) in [5, 5.41) is 10.7. The Balaban J connectivity index is 2.23. The minimum absolute atomic E-state index is 0.00404. The molecule has 2 aliphatic carbocycles. The number of halogens is 2. The molecular weight excluding hydrogens is 348 g/mol. The minimum atomic E-state index is -2.10. The molecule has 6 heteroatoms. The lowest BCUT2D eigenvalue weighted by Crippen LogP contribution is -2.55. The molecule has 0 aromatic heterocycles. The molecule has 20 heavy (non-hydrogen) atoms. The van der Waals surface area contributed by atoms with Crippen molar-refractivity contribution in [1.82, 2.24) is 0 Å². The van der Waals surface area contributed by atoms with E-state index >= 15 is 0 Å². The van der Waals surface area contributed by atoms with Gasteiger partial charge in [0.15, 0.2) is 5.78 Å². The van der Waals surface area contributed by atoms with Crippen molar-refractivity contribution < 1.29 is 19.4 Å². The first kappa shape index (κ1) is 14.4. The number of hydrogen-bond donors (Lipinski definition) is 1. The van der Waals surface area contributed by atoms with Gasteiger partial charge in [0.05, 0.1) is 16.2 Å². The highest BCUT2D eigenvalue weighted by Crippen LogP contribution is 2.74. The van der Waals surface area contributed by atoms with Crippen molar-refractivity contribution in [3.63, 3.8) is 0 Å². The number of rotatable bonds is 1. The van der Waals surface area contributed by atoms with Crippen LogP contribution in [0.15, 0.2) is 21.2 Å². The van der Waals surface area contributed by atoms with E-state index in [2.05, 4.69) is 15.9 Å². The van der Waals surface area contributed by atoms with Crippen molar-refractivity contribution >= 4 is 39.1 Å². The summed E-state index contributed by atoms with van der Waals surface area (Å²) in [5.74, 6) is -3.32. The molecule has 3 atom stereocenters. The second kappa shape index (κ2) is 3.83. The van der Waals surface area contributed by atoms with Gasteiger partial charge in [-0.3, -0.25) is 9.59 Å². The summed E-state index contributed by atoms with van der Waals surface area (Å²) in [7, 11) is 0. The van der Waals surface area contributed by atoms with E-state index in [4.69, 9.17) is 16.3 Å². The van der Waals surface area contributed by atoms with E-state index < -0.39 is 28.4 Å². The number of aliphatic hydroxyl groups is 1. The molecule has 0 unspecified atom stereocenters. The van der Waals surface area contributed by atoms with Gasteiger partial charge in [0.25, 0.3) is 0 Å². The lowest BCUT2D eigenvalue weighted by Gasteiger charge is -2.36. The van der Waals surface area contributed by atoms with Gasteiger partial charge in [-0.1, -0.05) is 33.6 Å². The predicted molar refractivity (Wildman–Crippen MR) is 76.2 cm³/mol. The summed E-state index contributed by atoms with van der Waals surface area (Å²) < 4.78 is 5.98. The molecule has 0 amide bonds. The molecule has 1 N–H and O–H groups in total. The van der Waals surface area contributed by atoms with Crippen LogP contribution in [0, 0.1) is 11.3 Å². The van der Waals surface area contributed by atoms with E-state index in [9.17, 15) is 14.7 Å². The number of carbonyl (C=O) groups excluding carboxylic acids is 2. The van der Waals surface area contributed by atoms with Crippen LogP contribution in [-0.2, 0) is 14.3 Å². The number of allylic oxidation sites excluding steroid dienone is 3. The third-order valence-electron chi connectivity index (χ3n) is 4.67. The van der Waals surface area contributed by atoms with E-state index in [1.807, 2.05) is 0 Å². The number of carbonyl (C=O) groups is 2. The number of ether oxygens (including phenoxy) is 1. The third kappa shape index (κ3) is 1.35. The Morgan fingerprint density at radius 2 is 2.05 bits per heavy atom. The van der Waals surface area contributed by atoms with E-state index in [-0.39, 0.29) is 16.5 Å². The lowest BCUT2D eigenvalue weighted by molar-refractivity contribution is -0.239. The van der Waals surface area contributed by atoms with E-state index in [1.165, 1.54) is 0 Å². The highest BCUT2D eigenvalue weighted by Gasteiger charge is 2.85. The average molecular weight is 362 g/mol. The topological polar surface area (TPSA) is 63.6 Å². The van der Waals surface area contributed by atoms with Crippen LogP contribution in [-0.4, -0.2) is 28.1 Å². The normalized spacial score (nSPS) is 42.7. The van der Waals surface area contributed by atoms with Gasteiger partial charge in [-0.15, -0.1) is 0 Å². The molecule has 1 aliphatic heterocycles. The zero-order chi connectivity index (χ0) is 15.1. The molecule has 1 spiro atoms. The molecule has 3 rings (SSSR count). The van der Waals surface area contributed by atoms with Crippen molar-refractivity contribution in [2.75, 3.05) is 0 Å². The van der Waals surface area contributed by atoms with E-state index in [0.717, 1.165) is 0 Å². The molecule has 108 valence electrons. The maximum Gasteiger partial charge on any atom is 0.245 e. The zero-order valence-corrected chi connectivity index (χ0v) is 13.6. The lowest BCUT2D eigenvalue weighted by atomic mass is 9.77. The standard InChI is InChI=1S/C14H14BrClO4/c1-4-6(15)8-9(16)11(18)13-5-7(13)12(2,3)20-14(13,19)10(8)17/h4,7,19H,5H2,1-3H3/b6-4-/t7-,13-,14+/m0/s1. The Hall–Kier alpha value is -0.490. The van der Waals surface area contributed by atoms with Gasteiger partial charge in [0, 0.05) is 10.4 Å². The Morgan fingerprint density at radius 3 is 2.55 bits per heavy atom. The fraction of sp³-hybridized carbons (Fsp3) is 0.571. The third-order valence-corrected chi connectivity index (χ3v) is 5.88. The molecule has 2 fully saturated rings. The van der Waals surface area contributed by atoms with Crippen molar-refractivity contribution in [2.45, 2.75) is 38.6 Å². The van der Waals surface area contributed by atoms with Crippen LogP contribution in [0.2, 0.25) is 0 Å². The summed E-state index contributed by atoms with van der Waals surface area (Å²) >= 11 is 9.32. The highest BCUT2D eigenvalue weighted by molar-refractivity contribution is 9.12. The molecule has 3 aliphatic rings. The van der Waals surface area contributed by atoms with Crippen molar-refractivity contribution in [2.24, 2.45) is 11.3 Å². The van der Waals surface area contributed by atoms with E-state index in [0.29, 0.717) is 10.9 Å². The van der Waals surface area contributed by atoms with Crippen molar-refractivity contribution in [3.8, 4) is 0 Å². The van der Waals surface area contributed by atoms with Gasteiger partial charge in [-0.2, -0.15) is 0 Å². The smallest absolute Gasteiger partial charge is 0.245 e. The monoisotopic (exact) mass is 360 g/mol. The van der Waals surface area contributed by atoms with Crippen molar-refractivity contribution in [1.29, 1.82) is 0 Å². The summed E-state index contributed by atoms with van der Waals surface area (Å²) in [4.78, 5) is 25.3. The second-order valence-electron chi connectivity index (χ2n) is 6.06. The summed E-state index contributed by atoms with van der Waals surface area (Å²) in [5.41, 5.74) is -1.93. The number of ketones is 2. The first-order valence-electron chi connectivity index (χ1n) is 6.37. The largest absolute Gasteiger partial charge is 0.358 e. The van der Waals surface area contributed by atoms with Crippen LogP contribution < -0.4 is 0 Å². The molecule has 0 aromatic carbocycles. The predicted octanol–water partition coefficient (Wildman–Crippen LogP) is 2.43. The maximum atomic E-state index is 12.7. The van der Waals surface area contributed by atoms with Crippen molar-refractivity contribution in [3.05, 3.63) is 21.2 Å². The molecular formula is C14H14BrClO4. The van der Waals surface area contributed by atoms with Gasteiger partial charge in [0.1, 0.15) is 5.41 Å². The molecule has 1 heterocycles. The van der Waals surface area contributed by atoms with Gasteiger partial charge < -0.3 is 9.84 Å². The van der Waals surface area contributed by atoms with Crippen LogP contribution in [0.1, 0.15) is 27.2 Å². The summed E-state index contributed by atoms with van der Waals surface area (Å²) in [6.45, 7) is 5.26. The highest BCUT2D eigenvalue weighted by atomic mass is 79.9.